The highest BCUT2D eigenvalue weighted by atomic mass is 35.5. The maximum atomic E-state index is 6.39. The summed E-state index contributed by atoms with van der Waals surface area (Å²) < 4.78 is 1.86. The van der Waals surface area contributed by atoms with E-state index in [0.29, 0.717) is 17.3 Å². The lowest BCUT2D eigenvalue weighted by Gasteiger charge is -2.21. The summed E-state index contributed by atoms with van der Waals surface area (Å²) >= 11 is 7.49. The van der Waals surface area contributed by atoms with Crippen molar-refractivity contribution in [3.05, 3.63) is 82.0 Å². The Balaban J connectivity index is 1.57. The highest BCUT2D eigenvalue weighted by Gasteiger charge is 2.22. The van der Waals surface area contributed by atoms with Crippen LogP contribution < -0.4 is 11.2 Å². The summed E-state index contributed by atoms with van der Waals surface area (Å²) in [5.41, 5.74) is 12.9. The van der Waals surface area contributed by atoms with Gasteiger partial charge in [-0.3, -0.25) is 5.43 Å². The van der Waals surface area contributed by atoms with E-state index in [1.807, 2.05) is 52.5 Å². The van der Waals surface area contributed by atoms with Crippen LogP contribution in [-0.2, 0) is 6.42 Å². The first-order valence-electron chi connectivity index (χ1n) is 7.85. The Morgan fingerprint density at radius 1 is 1.08 bits per heavy atom. The Kier molecular flexibility index (Phi) is 4.48. The number of fused-ring (bicyclic) bond motifs is 1. The van der Waals surface area contributed by atoms with Crippen molar-refractivity contribution in [2.24, 2.45) is 5.73 Å². The molecule has 0 bridgehead atoms. The summed E-state index contributed by atoms with van der Waals surface area (Å²) in [4.78, 5) is 0. The molecule has 1 aliphatic rings. The minimum Gasteiger partial charge on any atom is -0.321 e. The van der Waals surface area contributed by atoms with Gasteiger partial charge in [-0.1, -0.05) is 65.8 Å². The van der Waals surface area contributed by atoms with E-state index in [1.165, 1.54) is 17.3 Å². The monoisotopic (exact) mass is 369 g/mol. The molecule has 3 aromatic rings. The summed E-state index contributed by atoms with van der Waals surface area (Å²) in [6.07, 6.45) is 0.700. The number of aromatic nitrogens is 3. The second-order valence-corrected chi connectivity index (χ2v) is 7.01. The molecule has 0 aliphatic carbocycles. The topological polar surface area (TPSA) is 68.8 Å². The first-order chi connectivity index (χ1) is 12.2. The Labute approximate surface area is 154 Å². The fourth-order valence-corrected chi connectivity index (χ4v) is 3.55. The summed E-state index contributed by atoms with van der Waals surface area (Å²) in [5, 5.41) is 12.0. The van der Waals surface area contributed by atoms with Gasteiger partial charge in [0.05, 0.1) is 11.7 Å². The van der Waals surface area contributed by atoms with Gasteiger partial charge in [-0.25, -0.2) is 4.68 Å². The molecule has 25 heavy (non-hydrogen) atoms. The van der Waals surface area contributed by atoms with Crippen molar-refractivity contribution in [3.63, 3.8) is 0 Å². The van der Waals surface area contributed by atoms with Crippen LogP contribution in [0.15, 0.2) is 65.2 Å². The first kappa shape index (κ1) is 16.2. The summed E-state index contributed by atoms with van der Waals surface area (Å²) in [6, 6.07) is 17.6. The highest BCUT2D eigenvalue weighted by Crippen LogP contribution is 2.30. The normalized spacial score (nSPS) is 14.4. The van der Waals surface area contributed by atoms with Crippen LogP contribution in [0.25, 0.3) is 5.70 Å². The van der Waals surface area contributed by atoms with Crippen LogP contribution in [0.4, 0.5) is 0 Å². The van der Waals surface area contributed by atoms with Crippen molar-refractivity contribution in [2.45, 2.75) is 17.6 Å². The van der Waals surface area contributed by atoms with Gasteiger partial charge >= 0.3 is 0 Å². The predicted molar refractivity (Wildman–Crippen MR) is 102 cm³/mol. The first-order valence-corrected chi connectivity index (χ1v) is 9.11. The number of nitrogens with one attached hydrogen (secondary N) is 1. The molecule has 0 saturated heterocycles. The Morgan fingerprint density at radius 2 is 1.84 bits per heavy atom. The van der Waals surface area contributed by atoms with Gasteiger partial charge in [-0.2, -0.15) is 0 Å². The number of nitrogens with zero attached hydrogens (tertiary/aromatic N) is 3. The van der Waals surface area contributed by atoms with E-state index in [2.05, 4.69) is 27.8 Å². The van der Waals surface area contributed by atoms with Crippen molar-refractivity contribution < 1.29 is 0 Å². The third kappa shape index (κ3) is 3.42. The zero-order valence-electron chi connectivity index (χ0n) is 13.3. The molecule has 3 N–H and O–H groups in total. The van der Waals surface area contributed by atoms with Gasteiger partial charge in [0, 0.05) is 16.0 Å². The van der Waals surface area contributed by atoms with Gasteiger partial charge in [0.2, 0.25) is 5.16 Å². The fraction of sp³-hybridized carbons (Fsp3) is 0.111. The molecule has 2 aromatic carbocycles. The molecule has 0 spiro atoms. The van der Waals surface area contributed by atoms with Crippen molar-refractivity contribution >= 4 is 29.1 Å². The number of thioether (sulfide) groups is 1. The Bertz CT molecular complexity index is 905. The summed E-state index contributed by atoms with van der Waals surface area (Å²) in [6.45, 7) is 0. The lowest BCUT2D eigenvalue weighted by atomic mass is 10.1. The maximum absolute atomic E-state index is 6.39. The van der Waals surface area contributed by atoms with Crippen molar-refractivity contribution in [1.29, 1.82) is 0 Å². The molecular formula is C18H16ClN5S. The van der Waals surface area contributed by atoms with Gasteiger partial charge in [0.1, 0.15) is 0 Å². The van der Waals surface area contributed by atoms with Gasteiger partial charge in [0.25, 0.3) is 0 Å². The molecule has 0 saturated carbocycles. The molecule has 126 valence electrons. The second kappa shape index (κ2) is 6.92. The van der Waals surface area contributed by atoms with Crippen molar-refractivity contribution in [2.75, 3.05) is 5.43 Å². The van der Waals surface area contributed by atoms with E-state index >= 15 is 0 Å². The minimum atomic E-state index is -0.249. The molecule has 1 aliphatic heterocycles. The lowest BCUT2D eigenvalue weighted by molar-refractivity contribution is 0.627. The quantitative estimate of drug-likeness (QED) is 0.731. The third-order valence-electron chi connectivity index (χ3n) is 3.96. The van der Waals surface area contributed by atoms with E-state index in [1.54, 1.807) is 0 Å². The molecule has 1 atom stereocenters. The Morgan fingerprint density at radius 3 is 2.60 bits per heavy atom. The number of rotatable bonds is 4. The zero-order valence-corrected chi connectivity index (χ0v) is 14.8. The van der Waals surface area contributed by atoms with Gasteiger partial charge in [-0.15, -0.1) is 10.2 Å². The SMILES string of the molecule is N[C@@H](Cc1ccccc1)c1nnc2n1NC(c1ccc(Cl)cc1)=CS2. The Hall–Kier alpha value is -2.28. The average Bonchev–Trinajstić information content (AvgIpc) is 3.06. The molecule has 0 amide bonds. The third-order valence-corrected chi connectivity index (χ3v) is 5.04. The summed E-state index contributed by atoms with van der Waals surface area (Å²) in [7, 11) is 0. The number of benzene rings is 2. The van der Waals surface area contributed by atoms with Crippen molar-refractivity contribution in [1.82, 2.24) is 14.9 Å². The molecule has 0 unspecified atom stereocenters. The van der Waals surface area contributed by atoms with E-state index < -0.39 is 0 Å². The molecule has 7 heteroatoms. The van der Waals surface area contributed by atoms with Crippen LogP contribution in [0.3, 0.4) is 0 Å². The molecule has 0 fully saturated rings. The molecule has 0 radical (unpaired) electrons. The highest BCUT2D eigenvalue weighted by molar-refractivity contribution is 8.02. The molecule has 1 aromatic heterocycles. The standard InChI is InChI=1S/C18H16ClN5S/c19-14-8-6-13(7-9-14)16-11-25-18-22-21-17(24(18)23-16)15(20)10-12-4-2-1-3-5-12/h1-9,11,15,23H,10,20H2/t15-/m0/s1. The van der Waals surface area contributed by atoms with E-state index in [9.17, 15) is 0 Å². The predicted octanol–water partition coefficient (Wildman–Crippen LogP) is 3.82. The molecule has 2 heterocycles. The summed E-state index contributed by atoms with van der Waals surface area (Å²) in [5.74, 6) is 0.714. The van der Waals surface area contributed by atoms with Gasteiger partial charge in [0.15, 0.2) is 5.82 Å². The van der Waals surface area contributed by atoms with Crippen molar-refractivity contribution in [3.8, 4) is 0 Å². The van der Waals surface area contributed by atoms with Crippen LogP contribution >= 0.6 is 23.4 Å². The van der Waals surface area contributed by atoms with E-state index in [4.69, 9.17) is 17.3 Å². The molecule has 5 nitrogen and oxygen atoms in total. The number of halogens is 1. The number of hydrogen-bond acceptors (Lipinski definition) is 5. The molecule has 4 rings (SSSR count). The number of nitrogens with two attached hydrogens (primary N) is 1. The second-order valence-electron chi connectivity index (χ2n) is 5.74. The zero-order chi connectivity index (χ0) is 17.2. The minimum absolute atomic E-state index is 0.249. The largest absolute Gasteiger partial charge is 0.321 e. The van der Waals surface area contributed by atoms with Crippen LogP contribution in [0.1, 0.15) is 23.0 Å². The van der Waals surface area contributed by atoms with Crippen LogP contribution in [0, 0.1) is 0 Å². The maximum Gasteiger partial charge on any atom is 0.214 e. The van der Waals surface area contributed by atoms with Gasteiger partial charge < -0.3 is 5.73 Å². The smallest absolute Gasteiger partial charge is 0.214 e. The van der Waals surface area contributed by atoms with Crippen LogP contribution in [0.5, 0.6) is 0 Å². The van der Waals surface area contributed by atoms with Crippen LogP contribution in [-0.4, -0.2) is 14.9 Å². The number of hydrogen-bond donors (Lipinski definition) is 2. The lowest BCUT2D eigenvalue weighted by Crippen LogP contribution is -2.25. The van der Waals surface area contributed by atoms with E-state index in [0.717, 1.165) is 16.4 Å². The van der Waals surface area contributed by atoms with Gasteiger partial charge in [-0.05, 0) is 24.1 Å². The average molecular weight is 370 g/mol. The molecular weight excluding hydrogens is 354 g/mol. The van der Waals surface area contributed by atoms with Crippen LogP contribution in [0.2, 0.25) is 5.02 Å². The van der Waals surface area contributed by atoms with E-state index in [-0.39, 0.29) is 6.04 Å². The fourth-order valence-electron chi connectivity index (χ4n) is 2.68.